The first kappa shape index (κ1) is 36.4. The Hall–Kier alpha value is -4.10. The van der Waals surface area contributed by atoms with Crippen molar-refractivity contribution >= 4 is 23.9 Å². The number of amidine groups is 1. The zero-order valence-electron chi connectivity index (χ0n) is 28.4. The molecular weight excluding hydrogens is 571 g/mol. The fourth-order valence-corrected chi connectivity index (χ4v) is 5.31. The number of likely N-dealkylation sites (N-methyl/N-ethyl adjacent to an activating group) is 1. The van der Waals surface area contributed by atoms with Gasteiger partial charge in [0.1, 0.15) is 11.7 Å². The van der Waals surface area contributed by atoms with Crippen LogP contribution in [0.1, 0.15) is 79.9 Å². The highest BCUT2D eigenvalue weighted by Crippen LogP contribution is 2.30. The molecule has 0 amide bonds. The molecule has 1 aromatic heterocycles. The molecule has 0 bridgehead atoms. The third-order valence-corrected chi connectivity index (χ3v) is 8.29. The zero-order valence-corrected chi connectivity index (χ0v) is 28.4. The molecule has 7 heteroatoms. The molecule has 246 valence electrons. The first-order valence-corrected chi connectivity index (χ1v) is 16.5. The summed E-state index contributed by atoms with van der Waals surface area (Å²) in [5, 5.41) is 0. The summed E-state index contributed by atoms with van der Waals surface area (Å²) in [6.07, 6.45) is 10.2. The number of halogens is 1. The van der Waals surface area contributed by atoms with Crippen molar-refractivity contribution in [3.05, 3.63) is 113 Å². The lowest BCUT2D eigenvalue weighted by atomic mass is 10.0. The number of aliphatic imine (C=N–C) groups is 2. The fourth-order valence-electron chi connectivity index (χ4n) is 5.31. The van der Waals surface area contributed by atoms with Crippen LogP contribution in [0.25, 0.3) is 0 Å². The largest absolute Gasteiger partial charge is 0.383 e. The lowest BCUT2D eigenvalue weighted by Gasteiger charge is -2.25. The third kappa shape index (κ3) is 11.4. The van der Waals surface area contributed by atoms with Crippen LogP contribution in [0.15, 0.2) is 89.5 Å². The van der Waals surface area contributed by atoms with Crippen LogP contribution in [-0.2, 0) is 12.8 Å². The number of anilines is 1. The van der Waals surface area contributed by atoms with Crippen LogP contribution in [0.3, 0.4) is 0 Å². The molecule has 2 fully saturated rings. The van der Waals surface area contributed by atoms with E-state index >= 15 is 0 Å². The SMILES string of the molecule is C1CCC1.C=CC.C=Nc1ccc(C(N)=NC(=C)C)cc1N(C)CCN1CCC(c2cccc(CCc3ccc(C)cc3F)n2)C1. The van der Waals surface area contributed by atoms with Gasteiger partial charge < -0.3 is 15.5 Å². The van der Waals surface area contributed by atoms with Crippen LogP contribution in [0.5, 0.6) is 0 Å². The van der Waals surface area contributed by atoms with Gasteiger partial charge in [-0.05, 0) is 101 Å². The molecular formula is C39H53FN6. The standard InChI is InChI=1S/C32H39FN6.C4H8.C3H6/c1-22(2)36-32(34)25-12-14-30(35-4)31(20-25)38(5)17-18-39-16-15-26(21-39)29-8-6-7-27(37-29)13-11-24-10-9-23(3)19-28(24)33;1-2-4-3-1;1-3-2/h6-10,12,14,19-20,26H,1,4,11,13,15-18,21H2,2-3,5H3,(H2,34,36);1-4H2;3H,1H2,2H3. The van der Waals surface area contributed by atoms with Crippen molar-refractivity contribution in [1.29, 1.82) is 0 Å². The van der Waals surface area contributed by atoms with E-state index in [1.165, 1.54) is 25.7 Å². The average molecular weight is 625 g/mol. The van der Waals surface area contributed by atoms with Gasteiger partial charge in [0.25, 0.3) is 0 Å². The molecule has 1 saturated heterocycles. The first-order valence-electron chi connectivity index (χ1n) is 16.5. The number of nitrogens with two attached hydrogens (primary N) is 1. The van der Waals surface area contributed by atoms with Crippen molar-refractivity contribution in [3.63, 3.8) is 0 Å². The van der Waals surface area contributed by atoms with Gasteiger partial charge in [0, 0.05) is 55.2 Å². The van der Waals surface area contributed by atoms with Gasteiger partial charge in [0.05, 0.1) is 11.4 Å². The van der Waals surface area contributed by atoms with Gasteiger partial charge in [-0.3, -0.25) is 9.98 Å². The summed E-state index contributed by atoms with van der Waals surface area (Å²) in [6.45, 7) is 20.3. The normalized spacial score (nSPS) is 15.8. The molecule has 5 rings (SSSR count). The fraction of sp³-hybridized carbons (Fsp3) is 0.410. The summed E-state index contributed by atoms with van der Waals surface area (Å²) in [4.78, 5) is 18.1. The minimum Gasteiger partial charge on any atom is -0.383 e. The predicted octanol–water partition coefficient (Wildman–Crippen LogP) is 8.56. The van der Waals surface area contributed by atoms with E-state index in [1.54, 1.807) is 12.1 Å². The number of hydrogen-bond acceptors (Lipinski definition) is 5. The van der Waals surface area contributed by atoms with Crippen LogP contribution in [0.2, 0.25) is 0 Å². The maximum atomic E-state index is 14.2. The Morgan fingerprint density at radius 2 is 1.83 bits per heavy atom. The van der Waals surface area contributed by atoms with Gasteiger partial charge in [-0.25, -0.2) is 9.38 Å². The molecule has 1 saturated carbocycles. The second kappa shape index (κ2) is 18.8. The number of nitrogens with zero attached hydrogens (tertiary/aromatic N) is 5. The zero-order chi connectivity index (χ0) is 33.5. The van der Waals surface area contributed by atoms with Crippen molar-refractivity contribution in [2.45, 2.75) is 71.6 Å². The summed E-state index contributed by atoms with van der Waals surface area (Å²) >= 11 is 0. The quantitative estimate of drug-likeness (QED) is 0.132. The topological polar surface area (TPSA) is 70.1 Å². The van der Waals surface area contributed by atoms with Crippen LogP contribution in [0.4, 0.5) is 15.8 Å². The number of pyridine rings is 1. The molecule has 0 spiro atoms. The van der Waals surface area contributed by atoms with Crippen molar-refractivity contribution in [2.75, 3.05) is 38.1 Å². The number of aryl methyl sites for hydroxylation is 3. The van der Waals surface area contributed by atoms with E-state index in [4.69, 9.17) is 10.7 Å². The second-order valence-corrected chi connectivity index (χ2v) is 12.3. The van der Waals surface area contributed by atoms with E-state index in [9.17, 15) is 4.39 Å². The molecule has 3 aromatic rings. The van der Waals surface area contributed by atoms with Crippen molar-refractivity contribution in [3.8, 4) is 0 Å². The molecule has 1 unspecified atom stereocenters. The molecule has 6 nitrogen and oxygen atoms in total. The Morgan fingerprint density at radius 1 is 1.11 bits per heavy atom. The number of benzene rings is 2. The monoisotopic (exact) mass is 624 g/mol. The Bertz CT molecular complexity index is 1470. The highest BCUT2D eigenvalue weighted by atomic mass is 19.1. The molecule has 0 radical (unpaired) electrons. The summed E-state index contributed by atoms with van der Waals surface area (Å²) in [7, 11) is 2.06. The van der Waals surface area contributed by atoms with Gasteiger partial charge in [0.15, 0.2) is 0 Å². The molecule has 1 atom stereocenters. The molecule has 1 aliphatic carbocycles. The van der Waals surface area contributed by atoms with Crippen LogP contribution in [0, 0.1) is 12.7 Å². The van der Waals surface area contributed by atoms with Crippen LogP contribution in [-0.4, -0.2) is 55.7 Å². The second-order valence-electron chi connectivity index (χ2n) is 12.3. The molecule has 2 N–H and O–H groups in total. The van der Waals surface area contributed by atoms with E-state index in [2.05, 4.69) is 58.8 Å². The van der Waals surface area contributed by atoms with Gasteiger partial charge >= 0.3 is 0 Å². The average Bonchev–Trinajstić information content (AvgIpc) is 3.48. The summed E-state index contributed by atoms with van der Waals surface area (Å²) in [5.74, 6) is 0.709. The van der Waals surface area contributed by atoms with Crippen molar-refractivity contribution < 1.29 is 4.39 Å². The Labute approximate surface area is 276 Å². The molecule has 2 aliphatic rings. The van der Waals surface area contributed by atoms with Gasteiger partial charge in [-0.15, -0.1) is 6.58 Å². The molecule has 2 aromatic carbocycles. The summed E-state index contributed by atoms with van der Waals surface area (Å²) in [6, 6.07) is 17.5. The maximum absolute atomic E-state index is 14.2. The van der Waals surface area contributed by atoms with Gasteiger partial charge in [0.2, 0.25) is 0 Å². The first-order chi connectivity index (χ1) is 22.1. The van der Waals surface area contributed by atoms with Crippen molar-refractivity contribution in [1.82, 2.24) is 9.88 Å². The highest BCUT2D eigenvalue weighted by molar-refractivity contribution is 5.99. The summed E-state index contributed by atoms with van der Waals surface area (Å²) < 4.78 is 14.2. The minimum absolute atomic E-state index is 0.131. The van der Waals surface area contributed by atoms with Crippen molar-refractivity contribution in [2.24, 2.45) is 15.7 Å². The Kier molecular flexibility index (Phi) is 14.8. The molecule has 46 heavy (non-hydrogen) atoms. The van der Waals surface area contributed by atoms with Gasteiger partial charge in [-0.2, -0.15) is 0 Å². The predicted molar refractivity (Wildman–Crippen MR) is 195 cm³/mol. The third-order valence-electron chi connectivity index (χ3n) is 8.29. The Morgan fingerprint density at radius 3 is 2.46 bits per heavy atom. The Balaban J connectivity index is 0.000000737. The summed E-state index contributed by atoms with van der Waals surface area (Å²) in [5.41, 5.74) is 13.3. The molecule has 1 aliphatic heterocycles. The van der Waals surface area contributed by atoms with E-state index in [0.29, 0.717) is 23.9 Å². The molecule has 2 heterocycles. The number of likely N-dealkylation sites (tertiary alicyclic amines) is 1. The number of hydrogen-bond donors (Lipinski definition) is 1. The van der Waals surface area contributed by atoms with E-state index in [1.807, 2.05) is 57.2 Å². The van der Waals surface area contributed by atoms with E-state index in [-0.39, 0.29) is 5.82 Å². The number of rotatable bonds is 11. The van der Waals surface area contributed by atoms with Gasteiger partial charge in [-0.1, -0.05) is 56.5 Å². The number of allylic oxidation sites excluding steroid dienone is 2. The lowest BCUT2D eigenvalue weighted by molar-refractivity contribution is 0.341. The van der Waals surface area contributed by atoms with Crippen LogP contribution >= 0.6 is 0 Å². The lowest BCUT2D eigenvalue weighted by Crippen LogP contribution is -2.32. The van der Waals surface area contributed by atoms with E-state index < -0.39 is 0 Å². The van der Waals surface area contributed by atoms with Crippen LogP contribution < -0.4 is 10.6 Å². The minimum atomic E-state index is -0.131. The highest BCUT2D eigenvalue weighted by Gasteiger charge is 2.25. The smallest absolute Gasteiger partial charge is 0.130 e. The number of aromatic nitrogens is 1. The maximum Gasteiger partial charge on any atom is 0.130 e. The van der Waals surface area contributed by atoms with E-state index in [0.717, 1.165) is 78.5 Å².